The van der Waals surface area contributed by atoms with Crippen LogP contribution >= 0.6 is 0 Å². The summed E-state index contributed by atoms with van der Waals surface area (Å²) >= 11 is 0. The lowest BCUT2D eigenvalue weighted by Gasteiger charge is -2.26. The summed E-state index contributed by atoms with van der Waals surface area (Å²) in [7, 11) is 0. The lowest BCUT2D eigenvalue weighted by atomic mass is 9.87. The number of aromatic nitrogens is 2. The minimum atomic E-state index is 0.283. The largest absolute Gasteiger partial charge is 0.399 e. The third-order valence-corrected chi connectivity index (χ3v) is 3.58. The Morgan fingerprint density at radius 3 is 3.05 bits per heavy atom. The molecule has 1 unspecified atom stereocenters. The van der Waals surface area contributed by atoms with Gasteiger partial charge in [-0.3, -0.25) is 0 Å². The summed E-state index contributed by atoms with van der Waals surface area (Å²) in [6.45, 7) is 1.97. The van der Waals surface area contributed by atoms with E-state index in [-0.39, 0.29) is 6.04 Å². The van der Waals surface area contributed by atoms with Gasteiger partial charge in [0, 0.05) is 17.6 Å². The van der Waals surface area contributed by atoms with E-state index in [0.717, 1.165) is 24.2 Å². The number of hydrogen-bond donors (Lipinski definition) is 2. The van der Waals surface area contributed by atoms with E-state index in [1.165, 1.54) is 17.5 Å². The van der Waals surface area contributed by atoms with Crippen LogP contribution in [0.2, 0.25) is 0 Å². The summed E-state index contributed by atoms with van der Waals surface area (Å²) in [6.07, 6.45) is 5.17. The predicted molar refractivity (Wildman–Crippen MR) is 76.9 cm³/mol. The average molecular weight is 254 g/mol. The molecule has 1 heterocycles. The van der Waals surface area contributed by atoms with E-state index in [0.29, 0.717) is 5.95 Å². The fourth-order valence-corrected chi connectivity index (χ4v) is 2.66. The van der Waals surface area contributed by atoms with Gasteiger partial charge in [-0.05, 0) is 55.5 Å². The molecule has 0 aliphatic heterocycles. The van der Waals surface area contributed by atoms with Gasteiger partial charge in [0.1, 0.15) is 0 Å². The zero-order valence-corrected chi connectivity index (χ0v) is 11.1. The van der Waals surface area contributed by atoms with Gasteiger partial charge in [0.25, 0.3) is 0 Å². The molecule has 1 aliphatic rings. The van der Waals surface area contributed by atoms with Crippen molar-refractivity contribution in [2.45, 2.75) is 32.2 Å². The smallest absolute Gasteiger partial charge is 0.223 e. The van der Waals surface area contributed by atoms with Gasteiger partial charge in [0.15, 0.2) is 0 Å². The van der Waals surface area contributed by atoms with Crippen LogP contribution in [0.1, 0.15) is 35.7 Å². The Hall–Kier alpha value is -2.10. The Morgan fingerprint density at radius 1 is 1.32 bits per heavy atom. The number of benzene rings is 1. The first-order valence-electron chi connectivity index (χ1n) is 6.67. The van der Waals surface area contributed by atoms with E-state index in [2.05, 4.69) is 27.4 Å². The molecule has 4 heteroatoms. The maximum atomic E-state index is 5.85. The Morgan fingerprint density at radius 2 is 2.21 bits per heavy atom. The summed E-state index contributed by atoms with van der Waals surface area (Å²) < 4.78 is 0. The second-order valence-corrected chi connectivity index (χ2v) is 5.07. The zero-order chi connectivity index (χ0) is 13.2. The number of nitrogens with one attached hydrogen (secondary N) is 1. The molecule has 4 nitrogen and oxygen atoms in total. The average Bonchev–Trinajstić information content (AvgIpc) is 2.38. The Kier molecular flexibility index (Phi) is 3.07. The van der Waals surface area contributed by atoms with Crippen LogP contribution in [-0.2, 0) is 6.42 Å². The van der Waals surface area contributed by atoms with E-state index in [1.54, 1.807) is 6.20 Å². The second kappa shape index (κ2) is 4.88. The van der Waals surface area contributed by atoms with Gasteiger partial charge < -0.3 is 11.1 Å². The molecule has 2 aromatic rings. The van der Waals surface area contributed by atoms with Crippen LogP contribution in [0.25, 0.3) is 0 Å². The minimum absolute atomic E-state index is 0.283. The number of fused-ring (bicyclic) bond motifs is 1. The van der Waals surface area contributed by atoms with E-state index < -0.39 is 0 Å². The molecule has 1 aromatic heterocycles. The Bertz CT molecular complexity index is 594. The summed E-state index contributed by atoms with van der Waals surface area (Å²) in [5.74, 6) is 0.703. The molecule has 0 amide bonds. The molecular weight excluding hydrogens is 236 g/mol. The van der Waals surface area contributed by atoms with Gasteiger partial charge in [-0.15, -0.1) is 0 Å². The minimum Gasteiger partial charge on any atom is -0.399 e. The molecule has 98 valence electrons. The second-order valence-electron chi connectivity index (χ2n) is 5.07. The molecule has 3 N–H and O–H groups in total. The maximum absolute atomic E-state index is 5.85. The van der Waals surface area contributed by atoms with Crippen LogP contribution in [-0.4, -0.2) is 9.97 Å². The molecule has 0 saturated heterocycles. The predicted octanol–water partition coefficient (Wildman–Crippen LogP) is 2.86. The molecule has 3 rings (SSSR count). The topological polar surface area (TPSA) is 63.8 Å². The number of hydrogen-bond acceptors (Lipinski definition) is 4. The highest BCUT2D eigenvalue weighted by Gasteiger charge is 2.20. The van der Waals surface area contributed by atoms with Gasteiger partial charge in [-0.25, -0.2) is 9.97 Å². The maximum Gasteiger partial charge on any atom is 0.223 e. The number of nitrogens with two attached hydrogens (primary N) is 1. The molecular formula is C15H18N4. The van der Waals surface area contributed by atoms with Gasteiger partial charge in [0.05, 0.1) is 6.04 Å². The van der Waals surface area contributed by atoms with Crippen molar-refractivity contribution in [3.05, 3.63) is 47.3 Å². The lowest BCUT2D eigenvalue weighted by Crippen LogP contribution is -2.19. The molecule has 0 radical (unpaired) electrons. The Labute approximate surface area is 113 Å². The van der Waals surface area contributed by atoms with Crippen LogP contribution < -0.4 is 11.1 Å². The van der Waals surface area contributed by atoms with Gasteiger partial charge >= 0.3 is 0 Å². The first kappa shape index (κ1) is 12.0. The van der Waals surface area contributed by atoms with Crippen LogP contribution in [0.3, 0.4) is 0 Å². The number of anilines is 2. The van der Waals surface area contributed by atoms with Crippen molar-refractivity contribution < 1.29 is 0 Å². The number of nitrogen functional groups attached to an aromatic ring is 1. The van der Waals surface area contributed by atoms with Gasteiger partial charge in [0.2, 0.25) is 5.95 Å². The van der Waals surface area contributed by atoms with Crippen LogP contribution in [0.5, 0.6) is 0 Å². The molecule has 0 bridgehead atoms. The summed E-state index contributed by atoms with van der Waals surface area (Å²) in [6, 6.07) is 8.36. The van der Waals surface area contributed by atoms with Gasteiger partial charge in [-0.2, -0.15) is 0 Å². The highest BCUT2D eigenvalue weighted by molar-refractivity contribution is 5.48. The number of rotatable bonds is 2. The SMILES string of the molecule is Cc1ccnc(NC2CCCc3cc(N)ccc32)n1. The zero-order valence-electron chi connectivity index (χ0n) is 11.1. The summed E-state index contributed by atoms with van der Waals surface area (Å²) in [4.78, 5) is 8.69. The summed E-state index contributed by atoms with van der Waals surface area (Å²) in [5.41, 5.74) is 10.3. The summed E-state index contributed by atoms with van der Waals surface area (Å²) in [5, 5.41) is 3.43. The van der Waals surface area contributed by atoms with Crippen molar-refractivity contribution in [3.63, 3.8) is 0 Å². The third-order valence-electron chi connectivity index (χ3n) is 3.58. The third kappa shape index (κ3) is 2.52. The first-order chi connectivity index (χ1) is 9.22. The van der Waals surface area contributed by atoms with Crippen molar-refractivity contribution >= 4 is 11.6 Å². The van der Waals surface area contributed by atoms with Crippen molar-refractivity contribution in [3.8, 4) is 0 Å². The molecule has 19 heavy (non-hydrogen) atoms. The molecule has 1 aromatic carbocycles. The van der Waals surface area contributed by atoms with Crippen molar-refractivity contribution in [2.75, 3.05) is 11.1 Å². The molecule has 0 fully saturated rings. The molecule has 1 aliphatic carbocycles. The highest BCUT2D eigenvalue weighted by atomic mass is 15.1. The Balaban J connectivity index is 1.87. The van der Waals surface area contributed by atoms with Crippen LogP contribution in [0.15, 0.2) is 30.5 Å². The van der Waals surface area contributed by atoms with Crippen LogP contribution in [0.4, 0.5) is 11.6 Å². The lowest BCUT2D eigenvalue weighted by molar-refractivity contribution is 0.596. The molecule has 0 spiro atoms. The monoisotopic (exact) mass is 254 g/mol. The van der Waals surface area contributed by atoms with Crippen LogP contribution in [0, 0.1) is 6.92 Å². The van der Waals surface area contributed by atoms with Gasteiger partial charge in [-0.1, -0.05) is 6.07 Å². The van der Waals surface area contributed by atoms with Crippen molar-refractivity contribution in [1.29, 1.82) is 0 Å². The van der Waals surface area contributed by atoms with Crippen molar-refractivity contribution in [2.24, 2.45) is 0 Å². The molecule has 1 atom stereocenters. The van der Waals surface area contributed by atoms with Crippen molar-refractivity contribution in [1.82, 2.24) is 9.97 Å². The standard InChI is InChI=1S/C15H18N4/c1-10-7-8-17-15(18-10)19-14-4-2-3-11-9-12(16)5-6-13(11)14/h5-9,14H,2-4,16H2,1H3,(H,17,18,19). The van der Waals surface area contributed by atoms with E-state index in [4.69, 9.17) is 5.73 Å². The fraction of sp³-hybridized carbons (Fsp3) is 0.333. The van der Waals surface area contributed by atoms with E-state index in [1.807, 2.05) is 19.1 Å². The number of nitrogens with zero attached hydrogens (tertiary/aromatic N) is 2. The van der Waals surface area contributed by atoms with E-state index >= 15 is 0 Å². The highest BCUT2D eigenvalue weighted by Crippen LogP contribution is 2.32. The number of aryl methyl sites for hydroxylation is 2. The normalized spacial score (nSPS) is 17.8. The van der Waals surface area contributed by atoms with E-state index in [9.17, 15) is 0 Å². The molecule has 0 saturated carbocycles. The first-order valence-corrected chi connectivity index (χ1v) is 6.67. The quantitative estimate of drug-likeness (QED) is 0.809. The fourth-order valence-electron chi connectivity index (χ4n) is 2.66.